The highest BCUT2D eigenvalue weighted by Crippen LogP contribution is 2.55. The Kier molecular flexibility index (Phi) is 5.04. The number of esters is 1. The van der Waals surface area contributed by atoms with Crippen molar-refractivity contribution in [1.29, 1.82) is 0 Å². The van der Waals surface area contributed by atoms with Gasteiger partial charge in [-0.25, -0.2) is 4.79 Å². The Bertz CT molecular complexity index is 1150. The minimum Gasteiger partial charge on any atom is -0.457 e. The number of anilines is 1. The highest BCUT2D eigenvalue weighted by Gasteiger charge is 2.60. The Morgan fingerprint density at radius 3 is 2.24 bits per heavy atom. The average Bonchev–Trinajstić information content (AvgIpc) is 3.42. The number of ether oxygens (including phenoxy) is 1. The molecule has 1 saturated heterocycles. The SMILES string of the molecule is CC1=C[C@H]2C[C@@H]1[C@H]1C(=O)N(c3ccc(C(=O)OCc4ccc(C(C)(C)C)cc4)cc3)C(=O)[C@@H]12. The first kappa shape index (κ1) is 21.6. The Morgan fingerprint density at radius 1 is 0.970 bits per heavy atom. The van der Waals surface area contributed by atoms with E-state index >= 15 is 0 Å². The summed E-state index contributed by atoms with van der Waals surface area (Å²) in [4.78, 5) is 40.0. The summed E-state index contributed by atoms with van der Waals surface area (Å²) in [7, 11) is 0. The molecule has 170 valence electrons. The maximum Gasteiger partial charge on any atom is 0.338 e. The van der Waals surface area contributed by atoms with E-state index < -0.39 is 5.97 Å². The van der Waals surface area contributed by atoms with Gasteiger partial charge in [-0.1, -0.05) is 56.7 Å². The molecule has 2 fully saturated rings. The van der Waals surface area contributed by atoms with Gasteiger partial charge in [0.1, 0.15) is 6.61 Å². The van der Waals surface area contributed by atoms with Gasteiger partial charge in [-0.15, -0.1) is 0 Å². The lowest BCUT2D eigenvalue weighted by molar-refractivity contribution is -0.123. The van der Waals surface area contributed by atoms with Crippen molar-refractivity contribution < 1.29 is 19.1 Å². The third-order valence-corrected chi connectivity index (χ3v) is 7.43. The molecule has 0 N–H and O–H groups in total. The quantitative estimate of drug-likeness (QED) is 0.377. The molecule has 1 aliphatic heterocycles. The number of nitrogens with zero attached hydrogens (tertiary/aromatic N) is 1. The van der Waals surface area contributed by atoms with E-state index in [1.54, 1.807) is 24.3 Å². The van der Waals surface area contributed by atoms with Gasteiger partial charge in [0.15, 0.2) is 0 Å². The molecule has 1 saturated carbocycles. The second-order valence-corrected chi connectivity index (χ2v) is 10.6. The minimum atomic E-state index is -0.435. The predicted octanol–water partition coefficient (Wildman–Crippen LogP) is 5.04. The number of hydrogen-bond donors (Lipinski definition) is 0. The summed E-state index contributed by atoms with van der Waals surface area (Å²) in [6.45, 7) is 8.71. The molecule has 0 unspecified atom stereocenters. The monoisotopic (exact) mass is 443 g/mol. The number of rotatable bonds is 4. The first-order valence-corrected chi connectivity index (χ1v) is 11.6. The van der Waals surface area contributed by atoms with E-state index in [1.807, 2.05) is 12.1 Å². The molecule has 2 aromatic rings. The van der Waals surface area contributed by atoms with Crippen LogP contribution < -0.4 is 4.90 Å². The average molecular weight is 444 g/mol. The Balaban J connectivity index is 1.24. The molecule has 1 heterocycles. The topological polar surface area (TPSA) is 63.7 Å². The zero-order chi connectivity index (χ0) is 23.5. The molecule has 2 bridgehead atoms. The molecule has 4 atom stereocenters. The van der Waals surface area contributed by atoms with Crippen molar-refractivity contribution in [2.75, 3.05) is 4.90 Å². The lowest BCUT2D eigenvalue weighted by Crippen LogP contribution is -2.32. The van der Waals surface area contributed by atoms with E-state index in [2.05, 4.69) is 45.9 Å². The van der Waals surface area contributed by atoms with Crippen LogP contribution in [0.5, 0.6) is 0 Å². The Morgan fingerprint density at radius 2 is 1.61 bits per heavy atom. The summed E-state index contributed by atoms with van der Waals surface area (Å²) in [5.41, 5.74) is 4.36. The third kappa shape index (κ3) is 3.60. The fourth-order valence-corrected chi connectivity index (χ4v) is 5.61. The molecule has 3 aliphatic rings. The van der Waals surface area contributed by atoms with Gasteiger partial charge < -0.3 is 4.74 Å². The molecular formula is C28H29NO4. The smallest absolute Gasteiger partial charge is 0.338 e. The second-order valence-electron chi connectivity index (χ2n) is 10.6. The highest BCUT2D eigenvalue weighted by molar-refractivity contribution is 6.23. The first-order valence-electron chi connectivity index (χ1n) is 11.6. The number of carbonyl (C=O) groups is 3. The van der Waals surface area contributed by atoms with Gasteiger partial charge in [0.25, 0.3) is 0 Å². The molecule has 5 nitrogen and oxygen atoms in total. The van der Waals surface area contributed by atoms with Crippen LogP contribution in [0.1, 0.15) is 55.6 Å². The van der Waals surface area contributed by atoms with Crippen LogP contribution in [-0.2, 0) is 26.3 Å². The van der Waals surface area contributed by atoms with Crippen molar-refractivity contribution >= 4 is 23.5 Å². The van der Waals surface area contributed by atoms with Crippen LogP contribution in [0, 0.1) is 23.7 Å². The lowest BCUT2D eigenvalue weighted by atomic mass is 9.82. The summed E-state index contributed by atoms with van der Waals surface area (Å²) in [5, 5.41) is 0. The van der Waals surface area contributed by atoms with Gasteiger partial charge in [-0.2, -0.15) is 0 Å². The van der Waals surface area contributed by atoms with E-state index in [9.17, 15) is 14.4 Å². The van der Waals surface area contributed by atoms with Crippen molar-refractivity contribution in [2.45, 2.75) is 46.1 Å². The summed E-state index contributed by atoms with van der Waals surface area (Å²) < 4.78 is 5.46. The number of imide groups is 1. The van der Waals surface area contributed by atoms with Gasteiger partial charge in [-0.05, 0) is 66.0 Å². The number of amides is 2. The zero-order valence-corrected chi connectivity index (χ0v) is 19.5. The highest BCUT2D eigenvalue weighted by atomic mass is 16.5. The van der Waals surface area contributed by atoms with Crippen molar-refractivity contribution in [2.24, 2.45) is 23.7 Å². The summed E-state index contributed by atoms with van der Waals surface area (Å²) in [5.74, 6) is -0.770. The van der Waals surface area contributed by atoms with Gasteiger partial charge in [0.2, 0.25) is 11.8 Å². The van der Waals surface area contributed by atoms with Crippen molar-refractivity contribution in [3.8, 4) is 0 Å². The molecule has 0 aromatic heterocycles. The normalized spacial score (nSPS) is 25.9. The first-order chi connectivity index (χ1) is 15.6. The van der Waals surface area contributed by atoms with Gasteiger partial charge in [0.05, 0.1) is 23.1 Å². The molecule has 5 heteroatoms. The standard InChI is InChI=1S/C28H29NO4/c1-16-13-19-14-22(16)24-23(19)25(30)29(26(24)31)21-11-7-18(8-12-21)27(32)33-15-17-5-9-20(10-6-17)28(2,3)4/h5-13,19,22-24H,14-15H2,1-4H3/t19-,22-,23+,24+/m0/s1. The predicted molar refractivity (Wildman–Crippen MR) is 126 cm³/mol. The molecular weight excluding hydrogens is 414 g/mol. The number of allylic oxidation sites excluding steroid dienone is 2. The molecule has 0 radical (unpaired) electrons. The van der Waals surface area contributed by atoms with E-state index in [1.165, 1.54) is 16.0 Å². The Hall–Kier alpha value is -3.21. The fraction of sp³-hybridized carbons (Fsp3) is 0.393. The zero-order valence-electron chi connectivity index (χ0n) is 19.5. The van der Waals surface area contributed by atoms with Crippen molar-refractivity contribution in [1.82, 2.24) is 0 Å². The third-order valence-electron chi connectivity index (χ3n) is 7.43. The minimum absolute atomic E-state index is 0.0720. The van der Waals surface area contributed by atoms with Gasteiger partial charge in [0, 0.05) is 0 Å². The summed E-state index contributed by atoms with van der Waals surface area (Å²) in [6, 6.07) is 14.6. The van der Waals surface area contributed by atoms with E-state index in [-0.39, 0.29) is 47.5 Å². The van der Waals surface area contributed by atoms with Crippen LogP contribution in [-0.4, -0.2) is 17.8 Å². The number of fused-ring (bicyclic) bond motifs is 5. The van der Waals surface area contributed by atoms with E-state index in [0.29, 0.717) is 11.3 Å². The van der Waals surface area contributed by atoms with Crippen molar-refractivity contribution in [3.63, 3.8) is 0 Å². The second kappa shape index (κ2) is 7.68. The molecule has 2 amide bonds. The molecule has 0 spiro atoms. The van der Waals surface area contributed by atoms with E-state index in [4.69, 9.17) is 4.74 Å². The number of hydrogen-bond acceptors (Lipinski definition) is 4. The summed E-state index contributed by atoms with van der Waals surface area (Å²) in [6.07, 6.45) is 3.08. The van der Waals surface area contributed by atoms with Crippen LogP contribution in [0.3, 0.4) is 0 Å². The van der Waals surface area contributed by atoms with Crippen LogP contribution in [0.2, 0.25) is 0 Å². The summed E-state index contributed by atoms with van der Waals surface area (Å²) >= 11 is 0. The van der Waals surface area contributed by atoms with Crippen LogP contribution in [0.15, 0.2) is 60.2 Å². The van der Waals surface area contributed by atoms with Gasteiger partial charge >= 0.3 is 5.97 Å². The fourth-order valence-electron chi connectivity index (χ4n) is 5.61. The number of carbonyl (C=O) groups excluding carboxylic acids is 3. The van der Waals surface area contributed by atoms with Gasteiger partial charge in [-0.3, -0.25) is 14.5 Å². The largest absolute Gasteiger partial charge is 0.457 e. The van der Waals surface area contributed by atoms with Crippen LogP contribution >= 0.6 is 0 Å². The molecule has 2 aliphatic carbocycles. The van der Waals surface area contributed by atoms with Crippen LogP contribution in [0.4, 0.5) is 5.69 Å². The maximum absolute atomic E-state index is 13.1. The number of benzene rings is 2. The van der Waals surface area contributed by atoms with Crippen LogP contribution in [0.25, 0.3) is 0 Å². The lowest BCUT2D eigenvalue weighted by Gasteiger charge is -2.19. The Labute approximate surface area is 194 Å². The molecule has 5 rings (SSSR count). The maximum atomic E-state index is 13.1. The van der Waals surface area contributed by atoms with E-state index in [0.717, 1.165) is 12.0 Å². The molecule has 33 heavy (non-hydrogen) atoms. The van der Waals surface area contributed by atoms with Crippen molar-refractivity contribution in [3.05, 3.63) is 76.9 Å². The molecule has 2 aromatic carbocycles.